The van der Waals surface area contributed by atoms with Gasteiger partial charge in [0.15, 0.2) is 0 Å². The number of oxazole rings is 1. The Hall–Kier alpha value is -2.44. The third-order valence-electron chi connectivity index (χ3n) is 4.14. The Morgan fingerprint density at radius 3 is 2.75 bits per heavy atom. The normalized spacial score (nSPS) is 10.7. The molecule has 0 spiro atoms. The topological polar surface area (TPSA) is 64.4 Å². The van der Waals surface area contributed by atoms with E-state index in [9.17, 15) is 4.79 Å². The second kappa shape index (κ2) is 9.66. The van der Waals surface area contributed by atoms with Crippen molar-refractivity contribution in [3.05, 3.63) is 70.6 Å². The molecule has 0 aliphatic rings. The Balaban J connectivity index is 1.51. The van der Waals surface area contributed by atoms with Crippen LogP contribution >= 0.6 is 23.4 Å². The Labute approximate surface area is 173 Å². The van der Waals surface area contributed by atoms with E-state index in [1.165, 1.54) is 11.8 Å². The summed E-state index contributed by atoms with van der Waals surface area (Å²) >= 11 is 7.69. The lowest BCUT2D eigenvalue weighted by Crippen LogP contribution is -2.24. The molecule has 0 radical (unpaired) electrons. The van der Waals surface area contributed by atoms with Crippen molar-refractivity contribution in [2.45, 2.75) is 19.2 Å². The molecule has 7 heteroatoms. The minimum atomic E-state index is -0.0385. The van der Waals surface area contributed by atoms with E-state index in [1.807, 2.05) is 49.4 Å². The lowest BCUT2D eigenvalue weighted by Gasteiger charge is -2.09. The standard InChI is InChI=1S/C21H21ClN2O3S/c1-14-18(24-21(27-14)16-8-4-5-9-17(16)22)12-28-13-20(25)23-11-15-7-3-6-10-19(15)26-2/h3-10H,11-13H2,1-2H3,(H,23,25). The first-order chi connectivity index (χ1) is 13.6. The molecule has 5 nitrogen and oxygen atoms in total. The lowest BCUT2D eigenvalue weighted by atomic mass is 10.2. The van der Waals surface area contributed by atoms with Crippen LogP contribution in [0.1, 0.15) is 17.0 Å². The van der Waals surface area contributed by atoms with E-state index < -0.39 is 0 Å². The van der Waals surface area contributed by atoms with Crippen molar-refractivity contribution in [2.24, 2.45) is 0 Å². The monoisotopic (exact) mass is 416 g/mol. The fourth-order valence-electron chi connectivity index (χ4n) is 2.65. The third kappa shape index (κ3) is 5.09. The largest absolute Gasteiger partial charge is 0.496 e. The molecule has 0 unspecified atom stereocenters. The number of hydrogen-bond acceptors (Lipinski definition) is 5. The zero-order valence-electron chi connectivity index (χ0n) is 15.7. The summed E-state index contributed by atoms with van der Waals surface area (Å²) in [6.07, 6.45) is 0. The van der Waals surface area contributed by atoms with E-state index in [1.54, 1.807) is 13.2 Å². The third-order valence-corrected chi connectivity index (χ3v) is 5.41. The summed E-state index contributed by atoms with van der Waals surface area (Å²) in [6.45, 7) is 2.30. The van der Waals surface area contributed by atoms with Gasteiger partial charge in [0.25, 0.3) is 0 Å². The maximum absolute atomic E-state index is 12.1. The molecule has 28 heavy (non-hydrogen) atoms. The van der Waals surface area contributed by atoms with Crippen LogP contribution in [0.5, 0.6) is 5.75 Å². The highest BCUT2D eigenvalue weighted by Crippen LogP contribution is 2.29. The molecule has 0 bridgehead atoms. The molecule has 0 aliphatic heterocycles. The number of nitrogens with one attached hydrogen (secondary N) is 1. The van der Waals surface area contributed by atoms with Crippen molar-refractivity contribution in [1.29, 1.82) is 0 Å². The summed E-state index contributed by atoms with van der Waals surface area (Å²) in [6, 6.07) is 15.1. The van der Waals surface area contributed by atoms with Crippen LogP contribution in [-0.2, 0) is 17.1 Å². The van der Waals surface area contributed by atoms with Gasteiger partial charge < -0.3 is 14.5 Å². The molecule has 1 N–H and O–H groups in total. The van der Waals surface area contributed by atoms with Crippen molar-refractivity contribution in [2.75, 3.05) is 12.9 Å². The smallest absolute Gasteiger partial charge is 0.230 e. The van der Waals surface area contributed by atoms with Gasteiger partial charge in [-0.15, -0.1) is 11.8 Å². The Kier molecular flexibility index (Phi) is 7.01. The molecular weight excluding hydrogens is 396 g/mol. The second-order valence-corrected chi connectivity index (χ2v) is 7.48. The lowest BCUT2D eigenvalue weighted by molar-refractivity contribution is -0.118. The van der Waals surface area contributed by atoms with Crippen LogP contribution in [0, 0.1) is 6.92 Å². The summed E-state index contributed by atoms with van der Waals surface area (Å²) in [5.41, 5.74) is 2.52. The van der Waals surface area contributed by atoms with E-state index in [0.717, 1.165) is 28.3 Å². The fourth-order valence-corrected chi connectivity index (χ4v) is 3.71. The maximum Gasteiger partial charge on any atom is 0.230 e. The summed E-state index contributed by atoms with van der Waals surface area (Å²) in [7, 11) is 1.62. The number of aryl methyl sites for hydroxylation is 1. The fraction of sp³-hybridized carbons (Fsp3) is 0.238. The number of benzene rings is 2. The van der Waals surface area contributed by atoms with Gasteiger partial charge in [-0.2, -0.15) is 0 Å². The van der Waals surface area contributed by atoms with Crippen molar-refractivity contribution >= 4 is 29.3 Å². The molecule has 0 saturated carbocycles. The SMILES string of the molecule is COc1ccccc1CNC(=O)CSCc1nc(-c2ccccc2Cl)oc1C. The van der Waals surface area contributed by atoms with Crippen LogP contribution in [0.4, 0.5) is 0 Å². The number of thioether (sulfide) groups is 1. The van der Waals surface area contributed by atoms with Gasteiger partial charge in [0.05, 0.1) is 29.1 Å². The van der Waals surface area contributed by atoms with Gasteiger partial charge >= 0.3 is 0 Å². The van der Waals surface area contributed by atoms with Crippen molar-refractivity contribution < 1.29 is 13.9 Å². The molecule has 3 aromatic rings. The predicted molar refractivity (Wildman–Crippen MR) is 113 cm³/mol. The molecule has 0 aliphatic carbocycles. The summed E-state index contributed by atoms with van der Waals surface area (Å²) in [5.74, 6) is 2.88. The van der Waals surface area contributed by atoms with Crippen LogP contribution in [0.15, 0.2) is 52.9 Å². The predicted octanol–water partition coefficient (Wildman–Crippen LogP) is 4.86. The van der Waals surface area contributed by atoms with Gasteiger partial charge in [0.1, 0.15) is 11.5 Å². The van der Waals surface area contributed by atoms with Crippen molar-refractivity contribution in [3.8, 4) is 17.2 Å². The zero-order chi connectivity index (χ0) is 19.9. The molecule has 2 aromatic carbocycles. The number of methoxy groups -OCH3 is 1. The number of rotatable bonds is 8. The van der Waals surface area contributed by atoms with Crippen LogP contribution in [-0.4, -0.2) is 23.8 Å². The van der Waals surface area contributed by atoms with E-state index in [-0.39, 0.29) is 5.91 Å². The average Bonchev–Trinajstić information content (AvgIpc) is 3.07. The number of carbonyl (C=O) groups is 1. The molecule has 0 saturated heterocycles. The highest BCUT2D eigenvalue weighted by atomic mass is 35.5. The second-order valence-electron chi connectivity index (χ2n) is 6.08. The van der Waals surface area contributed by atoms with E-state index in [2.05, 4.69) is 10.3 Å². The number of carbonyl (C=O) groups excluding carboxylic acids is 1. The molecule has 3 rings (SSSR count). The number of nitrogens with zero attached hydrogens (tertiary/aromatic N) is 1. The van der Waals surface area contributed by atoms with E-state index in [4.69, 9.17) is 20.8 Å². The van der Waals surface area contributed by atoms with Gasteiger partial charge in [0, 0.05) is 17.9 Å². The number of aromatic nitrogens is 1. The molecule has 0 fully saturated rings. The molecule has 0 atom stereocenters. The minimum absolute atomic E-state index is 0.0385. The first-order valence-corrected chi connectivity index (χ1v) is 10.3. The summed E-state index contributed by atoms with van der Waals surface area (Å²) in [4.78, 5) is 16.7. The number of hydrogen-bond donors (Lipinski definition) is 1. The molecule has 1 amide bonds. The Bertz CT molecular complexity index is 958. The average molecular weight is 417 g/mol. The van der Waals surface area contributed by atoms with Crippen LogP contribution < -0.4 is 10.1 Å². The van der Waals surface area contributed by atoms with Gasteiger partial charge in [-0.3, -0.25) is 4.79 Å². The molecular formula is C21H21ClN2O3S. The quantitative estimate of drug-likeness (QED) is 0.568. The van der Waals surface area contributed by atoms with E-state index in [0.29, 0.717) is 29.0 Å². The van der Waals surface area contributed by atoms with Gasteiger partial charge in [-0.1, -0.05) is 41.9 Å². The molecule has 1 heterocycles. The van der Waals surface area contributed by atoms with Crippen molar-refractivity contribution in [1.82, 2.24) is 10.3 Å². The number of ether oxygens (including phenoxy) is 1. The number of para-hydroxylation sites is 1. The van der Waals surface area contributed by atoms with Crippen molar-refractivity contribution in [3.63, 3.8) is 0 Å². The van der Waals surface area contributed by atoms with Crippen LogP contribution in [0.2, 0.25) is 5.02 Å². The highest BCUT2D eigenvalue weighted by molar-refractivity contribution is 7.99. The first kappa shape index (κ1) is 20.3. The first-order valence-electron chi connectivity index (χ1n) is 8.76. The Morgan fingerprint density at radius 2 is 1.96 bits per heavy atom. The number of amides is 1. The van der Waals surface area contributed by atoms with Gasteiger partial charge in [0.2, 0.25) is 11.8 Å². The number of halogens is 1. The Morgan fingerprint density at radius 1 is 1.21 bits per heavy atom. The van der Waals surface area contributed by atoms with E-state index >= 15 is 0 Å². The minimum Gasteiger partial charge on any atom is -0.496 e. The van der Waals surface area contributed by atoms with Gasteiger partial charge in [-0.05, 0) is 25.1 Å². The van der Waals surface area contributed by atoms with Gasteiger partial charge in [-0.25, -0.2) is 4.98 Å². The summed E-state index contributed by atoms with van der Waals surface area (Å²) < 4.78 is 11.0. The van der Waals surface area contributed by atoms with Crippen LogP contribution in [0.3, 0.4) is 0 Å². The maximum atomic E-state index is 12.1. The summed E-state index contributed by atoms with van der Waals surface area (Å²) in [5, 5.41) is 3.51. The molecule has 1 aromatic heterocycles. The van der Waals surface area contributed by atoms with Crippen LogP contribution in [0.25, 0.3) is 11.5 Å². The zero-order valence-corrected chi connectivity index (χ0v) is 17.3. The highest BCUT2D eigenvalue weighted by Gasteiger charge is 2.14. The molecule has 146 valence electrons.